The molecule has 0 spiro atoms. The topological polar surface area (TPSA) is 76.4 Å². The molecule has 1 unspecified atom stereocenters. The number of ether oxygens (including phenoxy) is 1. The van der Waals surface area contributed by atoms with Gasteiger partial charge in [0.05, 0.1) is 36.5 Å². The van der Waals surface area contributed by atoms with Gasteiger partial charge in [-0.05, 0) is 12.1 Å². The Morgan fingerprint density at radius 3 is 3.05 bits per heavy atom. The number of hydrogen-bond donors (Lipinski definition) is 2. The summed E-state index contributed by atoms with van der Waals surface area (Å²) in [4.78, 5) is 16.4. The van der Waals surface area contributed by atoms with E-state index in [1.54, 1.807) is 25.3 Å². The van der Waals surface area contributed by atoms with Crippen molar-refractivity contribution in [3.05, 3.63) is 40.9 Å². The summed E-state index contributed by atoms with van der Waals surface area (Å²) in [6, 6.07) is 7.18. The summed E-state index contributed by atoms with van der Waals surface area (Å²) in [6.07, 6.45) is 0.829. The maximum Gasteiger partial charge on any atom is 0.261 e. The molecule has 1 atom stereocenters. The zero-order valence-corrected chi connectivity index (χ0v) is 11.5. The molecular weight excluding hydrogens is 258 g/mol. The molecule has 1 aromatic carbocycles. The number of aliphatic hydroxyl groups excluding tert-OH is 1. The Labute approximate surface area is 117 Å². The van der Waals surface area contributed by atoms with E-state index in [2.05, 4.69) is 10.3 Å². The lowest BCUT2D eigenvalue weighted by Gasteiger charge is -2.13. The second-order valence-corrected chi connectivity index (χ2v) is 4.57. The van der Waals surface area contributed by atoms with E-state index in [1.807, 2.05) is 6.07 Å². The minimum Gasteiger partial charge on any atom is -0.390 e. The van der Waals surface area contributed by atoms with Crippen LogP contribution in [0, 0.1) is 0 Å². The van der Waals surface area contributed by atoms with Crippen LogP contribution in [0.4, 0.5) is 0 Å². The minimum atomic E-state index is -0.646. The molecule has 2 N–H and O–H groups in total. The highest BCUT2D eigenvalue weighted by atomic mass is 16.5. The SMILES string of the molecule is COCCNCC(O)Cn1cnc2ccccc2c1=O. The van der Waals surface area contributed by atoms with Crippen molar-refractivity contribution in [2.24, 2.45) is 0 Å². The van der Waals surface area contributed by atoms with Gasteiger partial charge in [0.2, 0.25) is 0 Å². The standard InChI is InChI=1S/C14H19N3O3/c1-20-7-6-15-8-11(18)9-17-10-16-13-5-3-2-4-12(13)14(17)19/h2-5,10-11,15,18H,6-9H2,1H3. The minimum absolute atomic E-state index is 0.133. The van der Waals surface area contributed by atoms with Gasteiger partial charge in [-0.25, -0.2) is 4.98 Å². The number of fused-ring (bicyclic) bond motifs is 1. The highest BCUT2D eigenvalue weighted by Crippen LogP contribution is 2.04. The number of aromatic nitrogens is 2. The number of nitrogens with one attached hydrogen (secondary N) is 1. The van der Waals surface area contributed by atoms with Crippen molar-refractivity contribution in [2.75, 3.05) is 26.8 Å². The highest BCUT2D eigenvalue weighted by molar-refractivity contribution is 5.76. The van der Waals surface area contributed by atoms with Crippen LogP contribution >= 0.6 is 0 Å². The van der Waals surface area contributed by atoms with E-state index in [9.17, 15) is 9.90 Å². The van der Waals surface area contributed by atoms with Gasteiger partial charge in [0.1, 0.15) is 0 Å². The van der Waals surface area contributed by atoms with Gasteiger partial charge in [-0.15, -0.1) is 0 Å². The van der Waals surface area contributed by atoms with E-state index in [-0.39, 0.29) is 12.1 Å². The van der Waals surface area contributed by atoms with Crippen LogP contribution in [-0.2, 0) is 11.3 Å². The van der Waals surface area contributed by atoms with Crippen LogP contribution in [0.2, 0.25) is 0 Å². The summed E-state index contributed by atoms with van der Waals surface area (Å²) in [5.74, 6) is 0. The lowest BCUT2D eigenvalue weighted by molar-refractivity contribution is 0.142. The Morgan fingerprint density at radius 2 is 2.25 bits per heavy atom. The summed E-state index contributed by atoms with van der Waals surface area (Å²) >= 11 is 0. The van der Waals surface area contributed by atoms with E-state index >= 15 is 0 Å². The molecule has 0 aliphatic carbocycles. The molecule has 0 aliphatic rings. The average molecular weight is 277 g/mol. The van der Waals surface area contributed by atoms with Gasteiger partial charge in [0.25, 0.3) is 5.56 Å². The number of benzene rings is 1. The van der Waals surface area contributed by atoms with Gasteiger partial charge in [-0.2, -0.15) is 0 Å². The number of methoxy groups -OCH3 is 1. The van der Waals surface area contributed by atoms with Gasteiger partial charge in [-0.3, -0.25) is 9.36 Å². The third kappa shape index (κ3) is 3.63. The smallest absolute Gasteiger partial charge is 0.261 e. The second kappa shape index (κ2) is 7.14. The number of nitrogens with zero attached hydrogens (tertiary/aromatic N) is 2. The summed E-state index contributed by atoms with van der Waals surface area (Å²) in [6.45, 7) is 1.88. The Hall–Kier alpha value is -1.76. The lowest BCUT2D eigenvalue weighted by Crippen LogP contribution is -2.35. The van der Waals surface area contributed by atoms with Crippen molar-refractivity contribution in [3.63, 3.8) is 0 Å². The molecule has 0 bridgehead atoms. The van der Waals surface area contributed by atoms with Gasteiger partial charge in [0.15, 0.2) is 0 Å². The van der Waals surface area contributed by atoms with Crippen LogP contribution in [0.3, 0.4) is 0 Å². The zero-order valence-electron chi connectivity index (χ0n) is 11.5. The number of para-hydroxylation sites is 1. The van der Waals surface area contributed by atoms with Crippen LogP contribution < -0.4 is 10.9 Å². The zero-order chi connectivity index (χ0) is 14.4. The monoisotopic (exact) mass is 277 g/mol. The van der Waals surface area contributed by atoms with E-state index in [0.29, 0.717) is 30.6 Å². The third-order valence-corrected chi connectivity index (χ3v) is 3.00. The average Bonchev–Trinajstić information content (AvgIpc) is 2.47. The van der Waals surface area contributed by atoms with Crippen molar-refractivity contribution in [1.82, 2.24) is 14.9 Å². The fourth-order valence-electron chi connectivity index (χ4n) is 1.97. The van der Waals surface area contributed by atoms with Crippen molar-refractivity contribution in [3.8, 4) is 0 Å². The summed E-state index contributed by atoms with van der Waals surface area (Å²) in [5.41, 5.74) is 0.535. The molecule has 0 fully saturated rings. The molecule has 20 heavy (non-hydrogen) atoms. The number of hydrogen-bond acceptors (Lipinski definition) is 5. The van der Waals surface area contributed by atoms with Crippen molar-refractivity contribution in [1.29, 1.82) is 0 Å². The molecule has 2 rings (SSSR count). The first-order valence-corrected chi connectivity index (χ1v) is 6.54. The molecule has 1 aromatic heterocycles. The molecule has 0 saturated heterocycles. The van der Waals surface area contributed by atoms with E-state index in [0.717, 1.165) is 0 Å². The van der Waals surface area contributed by atoms with Crippen molar-refractivity contribution >= 4 is 10.9 Å². The highest BCUT2D eigenvalue weighted by Gasteiger charge is 2.08. The van der Waals surface area contributed by atoms with Gasteiger partial charge in [0, 0.05) is 20.2 Å². The van der Waals surface area contributed by atoms with Crippen LogP contribution in [0.15, 0.2) is 35.4 Å². The van der Waals surface area contributed by atoms with Gasteiger partial charge >= 0.3 is 0 Å². The van der Waals surface area contributed by atoms with Crippen LogP contribution in [0.1, 0.15) is 0 Å². The predicted molar refractivity (Wildman–Crippen MR) is 76.8 cm³/mol. The Balaban J connectivity index is 2.02. The summed E-state index contributed by atoms with van der Waals surface area (Å²) < 4.78 is 6.34. The molecule has 6 heteroatoms. The molecule has 2 aromatic rings. The first-order valence-electron chi connectivity index (χ1n) is 6.54. The quantitative estimate of drug-likeness (QED) is 0.696. The predicted octanol–water partition coefficient (Wildman–Crippen LogP) is -0.00660. The first-order chi connectivity index (χ1) is 9.72. The fourth-order valence-corrected chi connectivity index (χ4v) is 1.97. The normalized spacial score (nSPS) is 12.7. The lowest BCUT2D eigenvalue weighted by atomic mass is 10.2. The molecule has 0 saturated carbocycles. The van der Waals surface area contributed by atoms with Gasteiger partial charge < -0.3 is 15.2 Å². The summed E-state index contributed by atoms with van der Waals surface area (Å²) in [7, 11) is 1.62. The molecule has 6 nitrogen and oxygen atoms in total. The molecule has 0 aliphatic heterocycles. The Morgan fingerprint density at radius 1 is 1.45 bits per heavy atom. The van der Waals surface area contributed by atoms with Crippen LogP contribution in [0.5, 0.6) is 0 Å². The molecule has 0 amide bonds. The van der Waals surface area contributed by atoms with Gasteiger partial charge in [-0.1, -0.05) is 12.1 Å². The number of aliphatic hydroxyl groups is 1. The van der Waals surface area contributed by atoms with Crippen molar-refractivity contribution < 1.29 is 9.84 Å². The molecule has 108 valence electrons. The second-order valence-electron chi connectivity index (χ2n) is 4.57. The largest absolute Gasteiger partial charge is 0.390 e. The maximum atomic E-state index is 12.2. The summed E-state index contributed by atoms with van der Waals surface area (Å²) in [5, 5.41) is 13.5. The molecular formula is C14H19N3O3. The van der Waals surface area contributed by atoms with E-state index in [1.165, 1.54) is 10.9 Å². The first kappa shape index (κ1) is 14.6. The maximum absolute atomic E-state index is 12.2. The Kier molecular flexibility index (Phi) is 5.23. The van der Waals surface area contributed by atoms with Crippen LogP contribution in [-0.4, -0.2) is 47.6 Å². The van der Waals surface area contributed by atoms with Crippen molar-refractivity contribution in [2.45, 2.75) is 12.6 Å². The molecule has 0 radical (unpaired) electrons. The van der Waals surface area contributed by atoms with Crippen LogP contribution in [0.25, 0.3) is 10.9 Å². The van der Waals surface area contributed by atoms with E-state index in [4.69, 9.17) is 4.74 Å². The Bertz CT molecular complexity index is 612. The van der Waals surface area contributed by atoms with E-state index < -0.39 is 6.10 Å². The molecule has 1 heterocycles. The third-order valence-electron chi connectivity index (χ3n) is 3.00. The number of rotatable bonds is 7. The fraction of sp³-hybridized carbons (Fsp3) is 0.429.